The van der Waals surface area contributed by atoms with Gasteiger partial charge >= 0.3 is 0 Å². The standard InChI is InChI=1S/C11H14N4OS/c1-7-4-5-8-10(12-7)15(11(17)13-8)6-9(16)14(2)3/h4-5H,6H2,1-3H3,(H,13,17). The highest BCUT2D eigenvalue weighted by molar-refractivity contribution is 7.71. The number of aromatic nitrogens is 3. The molecule has 5 nitrogen and oxygen atoms in total. The predicted molar refractivity (Wildman–Crippen MR) is 68.3 cm³/mol. The first kappa shape index (κ1) is 11.8. The molecule has 0 saturated carbocycles. The molecule has 2 heterocycles. The molecule has 0 radical (unpaired) electrons. The van der Waals surface area contributed by atoms with Crippen LogP contribution in [0, 0.1) is 11.7 Å². The summed E-state index contributed by atoms with van der Waals surface area (Å²) in [5.41, 5.74) is 2.48. The van der Waals surface area contributed by atoms with Gasteiger partial charge in [-0.1, -0.05) is 0 Å². The smallest absolute Gasteiger partial charge is 0.242 e. The molecule has 0 aliphatic rings. The van der Waals surface area contributed by atoms with Crippen LogP contribution in [-0.4, -0.2) is 39.4 Å². The third kappa shape index (κ3) is 2.21. The number of hydrogen-bond acceptors (Lipinski definition) is 3. The maximum atomic E-state index is 11.7. The molecular formula is C11H14N4OS. The van der Waals surface area contributed by atoms with Crippen LogP contribution in [0.4, 0.5) is 0 Å². The summed E-state index contributed by atoms with van der Waals surface area (Å²) in [6, 6.07) is 3.83. The zero-order valence-electron chi connectivity index (χ0n) is 10.0. The zero-order chi connectivity index (χ0) is 12.6. The molecule has 90 valence electrons. The van der Waals surface area contributed by atoms with Gasteiger partial charge in [0, 0.05) is 19.8 Å². The second-order valence-corrected chi connectivity index (χ2v) is 4.51. The number of likely N-dealkylation sites (N-methyl/N-ethyl adjacent to an activating group) is 1. The molecular weight excluding hydrogens is 236 g/mol. The second kappa shape index (κ2) is 4.29. The van der Waals surface area contributed by atoms with E-state index >= 15 is 0 Å². The Kier molecular flexibility index (Phi) is 2.97. The summed E-state index contributed by atoms with van der Waals surface area (Å²) in [7, 11) is 3.44. The summed E-state index contributed by atoms with van der Waals surface area (Å²) >= 11 is 5.20. The molecule has 2 aromatic rings. The number of carbonyl (C=O) groups is 1. The maximum Gasteiger partial charge on any atom is 0.242 e. The van der Waals surface area contributed by atoms with Crippen molar-refractivity contribution < 1.29 is 4.79 Å². The van der Waals surface area contributed by atoms with E-state index in [9.17, 15) is 4.79 Å². The van der Waals surface area contributed by atoms with Gasteiger partial charge in [0.1, 0.15) is 6.54 Å². The molecule has 0 unspecified atom stereocenters. The van der Waals surface area contributed by atoms with E-state index in [1.54, 1.807) is 18.7 Å². The van der Waals surface area contributed by atoms with Crippen molar-refractivity contribution in [3.63, 3.8) is 0 Å². The van der Waals surface area contributed by atoms with Crippen LogP contribution in [0.1, 0.15) is 5.69 Å². The Balaban J connectivity index is 2.53. The molecule has 0 aromatic carbocycles. The molecule has 0 saturated heterocycles. The van der Waals surface area contributed by atoms with Gasteiger partial charge < -0.3 is 9.88 Å². The quantitative estimate of drug-likeness (QED) is 0.822. The Bertz CT molecular complexity index is 626. The van der Waals surface area contributed by atoms with Crippen LogP contribution < -0.4 is 0 Å². The molecule has 0 aliphatic heterocycles. The fraction of sp³-hybridized carbons (Fsp3) is 0.364. The zero-order valence-corrected chi connectivity index (χ0v) is 10.8. The largest absolute Gasteiger partial charge is 0.347 e. The molecule has 0 bridgehead atoms. The lowest BCUT2D eigenvalue weighted by Crippen LogP contribution is -2.26. The molecule has 1 amide bonds. The van der Waals surface area contributed by atoms with E-state index in [1.807, 2.05) is 19.1 Å². The van der Waals surface area contributed by atoms with Crippen molar-refractivity contribution in [3.8, 4) is 0 Å². The average molecular weight is 250 g/mol. The van der Waals surface area contributed by atoms with Crippen molar-refractivity contribution in [2.24, 2.45) is 0 Å². The number of aryl methyl sites for hydroxylation is 1. The number of amides is 1. The highest BCUT2D eigenvalue weighted by Gasteiger charge is 2.11. The van der Waals surface area contributed by atoms with Crippen molar-refractivity contribution in [2.75, 3.05) is 14.1 Å². The third-order valence-electron chi connectivity index (χ3n) is 2.55. The number of nitrogens with zero attached hydrogens (tertiary/aromatic N) is 3. The summed E-state index contributed by atoms with van der Waals surface area (Å²) in [5, 5.41) is 0. The summed E-state index contributed by atoms with van der Waals surface area (Å²) < 4.78 is 2.24. The van der Waals surface area contributed by atoms with E-state index in [1.165, 1.54) is 4.90 Å². The normalized spacial score (nSPS) is 10.8. The number of hydrogen-bond donors (Lipinski definition) is 1. The molecule has 2 aromatic heterocycles. The lowest BCUT2D eigenvalue weighted by molar-refractivity contribution is -0.129. The lowest BCUT2D eigenvalue weighted by atomic mass is 10.3. The first-order chi connectivity index (χ1) is 7.99. The Hall–Kier alpha value is -1.69. The van der Waals surface area contributed by atoms with E-state index in [-0.39, 0.29) is 12.5 Å². The van der Waals surface area contributed by atoms with Crippen LogP contribution in [0.3, 0.4) is 0 Å². The predicted octanol–water partition coefficient (Wildman–Crippen LogP) is 1.49. The van der Waals surface area contributed by atoms with Crippen molar-refractivity contribution in [2.45, 2.75) is 13.5 Å². The monoisotopic (exact) mass is 250 g/mol. The topological polar surface area (TPSA) is 53.9 Å². The fourth-order valence-electron chi connectivity index (χ4n) is 1.55. The van der Waals surface area contributed by atoms with Gasteiger partial charge in [0.15, 0.2) is 10.4 Å². The van der Waals surface area contributed by atoms with Crippen LogP contribution in [0.5, 0.6) is 0 Å². The minimum atomic E-state index is -0.00898. The minimum absolute atomic E-state index is 0.00898. The van der Waals surface area contributed by atoms with Gasteiger partial charge in [-0.15, -0.1) is 0 Å². The molecule has 0 spiro atoms. The van der Waals surface area contributed by atoms with Crippen molar-refractivity contribution in [1.82, 2.24) is 19.4 Å². The van der Waals surface area contributed by atoms with Crippen LogP contribution >= 0.6 is 12.2 Å². The van der Waals surface area contributed by atoms with E-state index < -0.39 is 0 Å². The number of fused-ring (bicyclic) bond motifs is 1. The van der Waals surface area contributed by atoms with E-state index in [2.05, 4.69) is 9.97 Å². The van der Waals surface area contributed by atoms with Gasteiger partial charge in [-0.3, -0.25) is 9.36 Å². The van der Waals surface area contributed by atoms with Gasteiger partial charge in [0.2, 0.25) is 5.91 Å². The second-order valence-electron chi connectivity index (χ2n) is 4.13. The Labute approximate surface area is 104 Å². The van der Waals surface area contributed by atoms with Gasteiger partial charge in [0.05, 0.1) is 5.52 Å². The molecule has 1 N–H and O–H groups in total. The number of carbonyl (C=O) groups excluding carboxylic acids is 1. The maximum absolute atomic E-state index is 11.7. The Morgan fingerprint density at radius 1 is 1.53 bits per heavy atom. The first-order valence-electron chi connectivity index (χ1n) is 5.25. The number of aromatic amines is 1. The molecule has 17 heavy (non-hydrogen) atoms. The van der Waals surface area contributed by atoms with Crippen LogP contribution in [0.2, 0.25) is 0 Å². The molecule has 0 atom stereocenters. The average Bonchev–Trinajstić information content (AvgIpc) is 2.55. The Morgan fingerprint density at radius 2 is 2.24 bits per heavy atom. The van der Waals surface area contributed by atoms with Crippen molar-refractivity contribution >= 4 is 29.3 Å². The minimum Gasteiger partial charge on any atom is -0.347 e. The van der Waals surface area contributed by atoms with Crippen LogP contribution in [0.25, 0.3) is 11.2 Å². The number of rotatable bonds is 2. The molecule has 2 rings (SSSR count). The van der Waals surface area contributed by atoms with Gasteiger partial charge in [0.25, 0.3) is 0 Å². The number of imidazole rings is 1. The summed E-state index contributed by atoms with van der Waals surface area (Å²) in [4.78, 5) is 20.7. The first-order valence-corrected chi connectivity index (χ1v) is 5.66. The van der Waals surface area contributed by atoms with E-state index in [0.717, 1.165) is 16.9 Å². The van der Waals surface area contributed by atoms with Crippen LogP contribution in [0.15, 0.2) is 12.1 Å². The summed E-state index contributed by atoms with van der Waals surface area (Å²) in [5.74, 6) is -0.00898. The fourth-order valence-corrected chi connectivity index (χ4v) is 1.81. The molecule has 0 fully saturated rings. The number of nitrogens with one attached hydrogen (secondary N) is 1. The molecule has 0 aliphatic carbocycles. The van der Waals surface area contributed by atoms with Gasteiger partial charge in [-0.25, -0.2) is 4.98 Å². The summed E-state index contributed by atoms with van der Waals surface area (Å²) in [6.45, 7) is 2.12. The highest BCUT2D eigenvalue weighted by Crippen LogP contribution is 2.12. The van der Waals surface area contributed by atoms with Crippen LogP contribution in [-0.2, 0) is 11.3 Å². The van der Waals surface area contributed by atoms with E-state index in [0.29, 0.717) is 4.77 Å². The van der Waals surface area contributed by atoms with Gasteiger partial charge in [-0.05, 0) is 31.3 Å². The number of H-pyrrole nitrogens is 1. The SMILES string of the molecule is Cc1ccc2[nH]c(=S)n(CC(=O)N(C)C)c2n1. The van der Waals surface area contributed by atoms with Crippen molar-refractivity contribution in [3.05, 3.63) is 22.6 Å². The van der Waals surface area contributed by atoms with Crippen molar-refractivity contribution in [1.29, 1.82) is 0 Å². The third-order valence-corrected chi connectivity index (χ3v) is 2.87. The Morgan fingerprint density at radius 3 is 2.88 bits per heavy atom. The summed E-state index contributed by atoms with van der Waals surface area (Å²) in [6.07, 6.45) is 0. The lowest BCUT2D eigenvalue weighted by Gasteiger charge is -2.10. The number of pyridine rings is 1. The van der Waals surface area contributed by atoms with Gasteiger partial charge in [-0.2, -0.15) is 0 Å². The molecule has 6 heteroatoms. The van der Waals surface area contributed by atoms with E-state index in [4.69, 9.17) is 12.2 Å². The highest BCUT2D eigenvalue weighted by atomic mass is 32.1.